The lowest BCUT2D eigenvalue weighted by atomic mass is 10.1. The number of thioether (sulfide) groups is 1. The van der Waals surface area contributed by atoms with E-state index >= 15 is 0 Å². The fourth-order valence-electron chi connectivity index (χ4n) is 1.86. The van der Waals surface area contributed by atoms with Gasteiger partial charge >= 0.3 is 0 Å². The highest BCUT2D eigenvalue weighted by molar-refractivity contribution is 7.98. The van der Waals surface area contributed by atoms with E-state index in [9.17, 15) is 0 Å². The Kier molecular flexibility index (Phi) is 8.14. The van der Waals surface area contributed by atoms with Crippen molar-refractivity contribution in [3.63, 3.8) is 0 Å². The number of likely N-dealkylation sites (N-methyl/N-ethyl adjacent to an activating group) is 1. The van der Waals surface area contributed by atoms with Crippen LogP contribution in [0.1, 0.15) is 18.1 Å². The molecule has 1 aromatic carbocycles. The fourth-order valence-corrected chi connectivity index (χ4v) is 2.35. The van der Waals surface area contributed by atoms with Crippen LogP contribution in [0.25, 0.3) is 0 Å². The molecule has 18 heavy (non-hydrogen) atoms. The summed E-state index contributed by atoms with van der Waals surface area (Å²) in [5.41, 5.74) is 2.83. The van der Waals surface area contributed by atoms with Crippen LogP contribution in [-0.2, 0) is 13.0 Å². The first-order chi connectivity index (χ1) is 8.76. The van der Waals surface area contributed by atoms with Crippen molar-refractivity contribution in [3.8, 4) is 0 Å². The Labute approximate surface area is 116 Å². The zero-order chi connectivity index (χ0) is 13.2. The molecule has 0 spiro atoms. The third kappa shape index (κ3) is 6.43. The number of benzene rings is 1. The summed E-state index contributed by atoms with van der Waals surface area (Å²) in [7, 11) is 2.19. The van der Waals surface area contributed by atoms with Gasteiger partial charge in [-0.05, 0) is 43.9 Å². The summed E-state index contributed by atoms with van der Waals surface area (Å²) in [5.74, 6) is 1.21. The molecule has 1 rings (SSSR count). The molecule has 0 bridgehead atoms. The highest BCUT2D eigenvalue weighted by Gasteiger charge is 2.00. The Hall–Kier alpha value is -0.510. The van der Waals surface area contributed by atoms with Crippen molar-refractivity contribution in [2.24, 2.45) is 0 Å². The van der Waals surface area contributed by atoms with Crippen LogP contribution < -0.4 is 5.32 Å². The minimum Gasteiger partial charge on any atom is -0.317 e. The van der Waals surface area contributed by atoms with Crippen LogP contribution in [0.15, 0.2) is 24.3 Å². The summed E-state index contributed by atoms with van der Waals surface area (Å²) in [5, 5.41) is 3.36. The van der Waals surface area contributed by atoms with Gasteiger partial charge in [0.1, 0.15) is 0 Å². The second kappa shape index (κ2) is 9.42. The molecule has 0 amide bonds. The molecular formula is C15H26N2S. The predicted octanol–water partition coefficient (Wildman–Crippen LogP) is 2.63. The van der Waals surface area contributed by atoms with Gasteiger partial charge in [-0.25, -0.2) is 0 Å². The predicted molar refractivity (Wildman–Crippen MR) is 83.4 cm³/mol. The van der Waals surface area contributed by atoms with Crippen molar-refractivity contribution < 1.29 is 0 Å². The normalized spacial score (nSPS) is 11.1. The lowest BCUT2D eigenvalue weighted by Crippen LogP contribution is -2.20. The Morgan fingerprint density at radius 2 is 1.83 bits per heavy atom. The van der Waals surface area contributed by atoms with Gasteiger partial charge in [0.15, 0.2) is 0 Å². The van der Waals surface area contributed by atoms with Crippen LogP contribution >= 0.6 is 11.8 Å². The van der Waals surface area contributed by atoms with Gasteiger partial charge < -0.3 is 10.2 Å². The van der Waals surface area contributed by atoms with Crippen molar-refractivity contribution in [1.29, 1.82) is 0 Å². The van der Waals surface area contributed by atoms with Crippen LogP contribution in [0, 0.1) is 0 Å². The second-order valence-electron chi connectivity index (χ2n) is 4.65. The SMILES string of the molecule is CCNCCc1ccc(CN(C)CCSC)cc1. The summed E-state index contributed by atoms with van der Waals surface area (Å²) in [6.07, 6.45) is 3.28. The monoisotopic (exact) mass is 266 g/mol. The number of nitrogens with one attached hydrogen (secondary N) is 1. The quantitative estimate of drug-likeness (QED) is 0.692. The Balaban J connectivity index is 2.35. The average Bonchev–Trinajstić information content (AvgIpc) is 2.39. The van der Waals surface area contributed by atoms with Gasteiger partial charge in [0.25, 0.3) is 0 Å². The van der Waals surface area contributed by atoms with Gasteiger partial charge in [0.05, 0.1) is 0 Å². The first-order valence-electron chi connectivity index (χ1n) is 6.72. The molecule has 0 saturated heterocycles. The van der Waals surface area contributed by atoms with Gasteiger partial charge in [-0.1, -0.05) is 31.2 Å². The highest BCUT2D eigenvalue weighted by atomic mass is 32.2. The molecule has 3 heteroatoms. The Bertz CT molecular complexity index is 311. The summed E-state index contributed by atoms with van der Waals surface area (Å²) >= 11 is 1.91. The summed E-state index contributed by atoms with van der Waals surface area (Å²) in [6, 6.07) is 9.04. The van der Waals surface area contributed by atoms with Gasteiger partial charge in [-0.3, -0.25) is 0 Å². The van der Waals surface area contributed by atoms with Crippen molar-refractivity contribution in [1.82, 2.24) is 10.2 Å². The molecule has 1 N–H and O–H groups in total. The summed E-state index contributed by atoms with van der Waals surface area (Å²) in [4.78, 5) is 2.38. The van der Waals surface area contributed by atoms with Crippen molar-refractivity contribution in [3.05, 3.63) is 35.4 Å². The molecule has 0 aromatic heterocycles. The Morgan fingerprint density at radius 3 is 2.44 bits per heavy atom. The molecule has 0 radical (unpaired) electrons. The maximum Gasteiger partial charge on any atom is 0.0231 e. The summed E-state index contributed by atoms with van der Waals surface area (Å²) < 4.78 is 0. The standard InChI is InChI=1S/C15H26N2S/c1-4-16-10-9-14-5-7-15(8-6-14)13-17(2)11-12-18-3/h5-8,16H,4,9-13H2,1-3H3. The second-order valence-corrected chi connectivity index (χ2v) is 5.64. The third-order valence-electron chi connectivity index (χ3n) is 2.99. The molecule has 0 unspecified atom stereocenters. The van der Waals surface area contributed by atoms with Gasteiger partial charge in [0, 0.05) is 18.8 Å². The van der Waals surface area contributed by atoms with Gasteiger partial charge in [-0.15, -0.1) is 0 Å². The van der Waals surface area contributed by atoms with Crippen LogP contribution in [0.3, 0.4) is 0 Å². The van der Waals surface area contributed by atoms with E-state index in [1.807, 2.05) is 11.8 Å². The number of rotatable bonds is 9. The minimum atomic E-state index is 1.05. The van der Waals surface area contributed by atoms with E-state index in [1.165, 1.54) is 16.9 Å². The molecule has 2 nitrogen and oxygen atoms in total. The van der Waals surface area contributed by atoms with Gasteiger partial charge in [0.2, 0.25) is 0 Å². The zero-order valence-electron chi connectivity index (χ0n) is 11.9. The molecule has 0 aliphatic heterocycles. The average molecular weight is 266 g/mol. The topological polar surface area (TPSA) is 15.3 Å². The number of hydrogen-bond donors (Lipinski definition) is 1. The van der Waals surface area contributed by atoms with E-state index in [2.05, 4.69) is 54.7 Å². The largest absolute Gasteiger partial charge is 0.317 e. The van der Waals surface area contributed by atoms with E-state index in [0.717, 1.165) is 32.6 Å². The van der Waals surface area contributed by atoms with E-state index in [-0.39, 0.29) is 0 Å². The number of hydrogen-bond acceptors (Lipinski definition) is 3. The van der Waals surface area contributed by atoms with Gasteiger partial charge in [-0.2, -0.15) is 11.8 Å². The molecular weight excluding hydrogens is 240 g/mol. The highest BCUT2D eigenvalue weighted by Crippen LogP contribution is 2.07. The molecule has 102 valence electrons. The van der Waals surface area contributed by atoms with Crippen LogP contribution in [-0.4, -0.2) is 43.6 Å². The molecule has 0 heterocycles. The lowest BCUT2D eigenvalue weighted by Gasteiger charge is -2.16. The van der Waals surface area contributed by atoms with Crippen LogP contribution in [0.2, 0.25) is 0 Å². The molecule has 0 aliphatic carbocycles. The van der Waals surface area contributed by atoms with Crippen molar-refractivity contribution >= 4 is 11.8 Å². The maximum absolute atomic E-state index is 3.36. The molecule has 0 atom stereocenters. The van der Waals surface area contributed by atoms with Crippen molar-refractivity contribution in [2.75, 3.05) is 38.7 Å². The molecule has 0 aliphatic rings. The van der Waals surface area contributed by atoms with E-state index in [4.69, 9.17) is 0 Å². The maximum atomic E-state index is 3.36. The zero-order valence-corrected chi connectivity index (χ0v) is 12.7. The summed E-state index contributed by atoms with van der Waals surface area (Å²) in [6.45, 7) is 6.48. The lowest BCUT2D eigenvalue weighted by molar-refractivity contribution is 0.349. The van der Waals surface area contributed by atoms with Crippen LogP contribution in [0.5, 0.6) is 0 Å². The Morgan fingerprint density at radius 1 is 1.17 bits per heavy atom. The van der Waals surface area contributed by atoms with E-state index < -0.39 is 0 Å². The fraction of sp³-hybridized carbons (Fsp3) is 0.600. The number of nitrogens with zero attached hydrogens (tertiary/aromatic N) is 1. The smallest absolute Gasteiger partial charge is 0.0231 e. The first-order valence-corrected chi connectivity index (χ1v) is 8.11. The minimum absolute atomic E-state index is 1.05. The molecule has 0 fully saturated rings. The van der Waals surface area contributed by atoms with Crippen molar-refractivity contribution in [2.45, 2.75) is 19.9 Å². The first kappa shape index (κ1) is 15.5. The molecule has 1 aromatic rings. The van der Waals surface area contributed by atoms with Crippen LogP contribution in [0.4, 0.5) is 0 Å². The van der Waals surface area contributed by atoms with E-state index in [1.54, 1.807) is 0 Å². The third-order valence-corrected chi connectivity index (χ3v) is 3.58. The van der Waals surface area contributed by atoms with E-state index in [0.29, 0.717) is 0 Å². The molecule has 0 saturated carbocycles.